The van der Waals surface area contributed by atoms with Crippen molar-refractivity contribution in [3.05, 3.63) is 53.5 Å². The summed E-state index contributed by atoms with van der Waals surface area (Å²) >= 11 is 0. The number of aromatic nitrogens is 3. The average molecular weight is 336 g/mol. The third-order valence-corrected chi connectivity index (χ3v) is 5.12. The van der Waals surface area contributed by atoms with Gasteiger partial charge in [0.2, 0.25) is 5.91 Å². The maximum atomic E-state index is 13.0. The molecule has 1 amide bonds. The van der Waals surface area contributed by atoms with Gasteiger partial charge >= 0.3 is 0 Å². The Morgan fingerprint density at radius 1 is 1.24 bits per heavy atom. The first-order chi connectivity index (χ1) is 12.1. The van der Waals surface area contributed by atoms with E-state index < -0.39 is 0 Å². The van der Waals surface area contributed by atoms with Crippen molar-refractivity contribution in [1.82, 2.24) is 19.7 Å². The molecule has 1 fully saturated rings. The molecule has 1 aliphatic heterocycles. The van der Waals surface area contributed by atoms with Gasteiger partial charge in [0.05, 0.1) is 11.7 Å². The second-order valence-electron chi connectivity index (χ2n) is 7.00. The highest BCUT2D eigenvalue weighted by Gasteiger charge is 2.29. The van der Waals surface area contributed by atoms with Crippen LogP contribution >= 0.6 is 0 Å². The fourth-order valence-electron chi connectivity index (χ4n) is 3.88. The number of carbonyl (C=O) groups excluding carboxylic acids is 1. The molecule has 4 rings (SSSR count). The molecule has 0 bridgehead atoms. The van der Waals surface area contributed by atoms with Gasteiger partial charge < -0.3 is 9.88 Å². The van der Waals surface area contributed by atoms with Crippen molar-refractivity contribution in [1.29, 1.82) is 0 Å². The highest BCUT2D eigenvalue weighted by molar-refractivity contribution is 5.81. The van der Waals surface area contributed by atoms with Crippen molar-refractivity contribution in [2.24, 2.45) is 0 Å². The Morgan fingerprint density at radius 3 is 2.84 bits per heavy atom. The molecule has 5 heteroatoms. The number of hydrogen-bond acceptors (Lipinski definition) is 2. The van der Waals surface area contributed by atoms with Crippen molar-refractivity contribution < 1.29 is 4.79 Å². The molecule has 1 unspecified atom stereocenters. The minimum Gasteiger partial charge on any atom is -0.357 e. The first-order valence-electron chi connectivity index (χ1n) is 9.00. The average Bonchev–Trinajstić information content (AvgIpc) is 3.17. The number of nitrogens with zero attached hydrogens (tertiary/aromatic N) is 3. The van der Waals surface area contributed by atoms with Gasteiger partial charge in [-0.2, -0.15) is 5.10 Å². The van der Waals surface area contributed by atoms with E-state index in [1.165, 1.54) is 5.39 Å². The molecular formula is C20H24N4O. The molecule has 0 radical (unpaired) electrons. The Bertz CT molecular complexity index is 874. The Labute approximate surface area is 147 Å². The van der Waals surface area contributed by atoms with E-state index in [9.17, 15) is 4.79 Å². The van der Waals surface area contributed by atoms with Crippen LogP contribution in [0.3, 0.4) is 0 Å². The summed E-state index contributed by atoms with van der Waals surface area (Å²) in [5, 5.41) is 5.64. The van der Waals surface area contributed by atoms with Crippen LogP contribution in [0, 0.1) is 13.8 Å². The van der Waals surface area contributed by atoms with Crippen LogP contribution in [0.4, 0.5) is 0 Å². The van der Waals surface area contributed by atoms with Crippen LogP contribution in [0.25, 0.3) is 10.9 Å². The summed E-state index contributed by atoms with van der Waals surface area (Å²) < 4.78 is 1.81. The van der Waals surface area contributed by atoms with Gasteiger partial charge in [-0.25, -0.2) is 0 Å². The summed E-state index contributed by atoms with van der Waals surface area (Å²) in [5.74, 6) is 0.148. The highest BCUT2D eigenvalue weighted by atomic mass is 16.2. The van der Waals surface area contributed by atoms with E-state index in [1.54, 1.807) is 0 Å². The molecule has 1 N–H and O–H groups in total. The molecule has 2 aromatic heterocycles. The Balaban J connectivity index is 1.60. The van der Waals surface area contributed by atoms with Gasteiger partial charge in [0, 0.05) is 23.4 Å². The van der Waals surface area contributed by atoms with Crippen molar-refractivity contribution in [2.75, 3.05) is 6.54 Å². The lowest BCUT2D eigenvalue weighted by molar-refractivity contribution is -0.136. The van der Waals surface area contributed by atoms with E-state index in [0.717, 1.165) is 48.4 Å². The number of piperidine rings is 1. The van der Waals surface area contributed by atoms with Crippen LogP contribution in [0.1, 0.15) is 42.4 Å². The number of hydrogen-bond donors (Lipinski definition) is 1. The lowest BCUT2D eigenvalue weighted by Gasteiger charge is -2.35. The molecule has 3 aromatic rings. The van der Waals surface area contributed by atoms with Crippen LogP contribution < -0.4 is 0 Å². The summed E-state index contributed by atoms with van der Waals surface area (Å²) in [6, 6.07) is 12.6. The van der Waals surface area contributed by atoms with E-state index in [1.807, 2.05) is 41.6 Å². The zero-order valence-corrected chi connectivity index (χ0v) is 14.8. The monoisotopic (exact) mass is 336 g/mol. The fraction of sp³-hybridized carbons (Fsp3) is 0.400. The summed E-state index contributed by atoms with van der Waals surface area (Å²) in [6.45, 7) is 5.09. The molecule has 5 nitrogen and oxygen atoms in total. The third kappa shape index (κ3) is 3.06. The molecule has 25 heavy (non-hydrogen) atoms. The minimum atomic E-state index is 0.130. The summed E-state index contributed by atoms with van der Waals surface area (Å²) in [6.07, 6.45) is 3.24. The van der Waals surface area contributed by atoms with E-state index in [2.05, 4.69) is 28.3 Å². The van der Waals surface area contributed by atoms with Gasteiger partial charge in [-0.3, -0.25) is 9.48 Å². The summed E-state index contributed by atoms with van der Waals surface area (Å²) in [4.78, 5) is 18.5. The van der Waals surface area contributed by atoms with E-state index in [0.29, 0.717) is 6.54 Å². The van der Waals surface area contributed by atoms with Crippen LogP contribution in [0.2, 0.25) is 0 Å². The number of amides is 1. The number of aryl methyl sites for hydroxylation is 2. The van der Waals surface area contributed by atoms with Crippen LogP contribution in [0.5, 0.6) is 0 Å². The Hall–Kier alpha value is -2.56. The zero-order chi connectivity index (χ0) is 17.4. The van der Waals surface area contributed by atoms with Gasteiger partial charge in [0.1, 0.15) is 6.54 Å². The number of nitrogens with one attached hydrogen (secondary N) is 1. The molecule has 3 heterocycles. The number of aromatic amines is 1. The van der Waals surface area contributed by atoms with Crippen LogP contribution in [-0.4, -0.2) is 32.1 Å². The van der Waals surface area contributed by atoms with Crippen LogP contribution in [0.15, 0.2) is 36.4 Å². The maximum absolute atomic E-state index is 13.0. The number of benzene rings is 1. The van der Waals surface area contributed by atoms with Gasteiger partial charge in [-0.05, 0) is 56.7 Å². The van der Waals surface area contributed by atoms with E-state index >= 15 is 0 Å². The second-order valence-corrected chi connectivity index (χ2v) is 7.00. The standard InChI is InChI=1S/C20H24N4O/c1-14-11-15(2)24(22-14)13-20(25)23-10-6-5-9-19(23)18-12-16-7-3-4-8-17(16)21-18/h3-4,7-8,11-12,19,21H,5-6,9-10,13H2,1-2H3. The largest absolute Gasteiger partial charge is 0.357 e. The smallest absolute Gasteiger partial charge is 0.244 e. The highest BCUT2D eigenvalue weighted by Crippen LogP contribution is 2.32. The third-order valence-electron chi connectivity index (χ3n) is 5.12. The van der Waals surface area contributed by atoms with Gasteiger partial charge in [0.25, 0.3) is 0 Å². The molecular weight excluding hydrogens is 312 g/mol. The quantitative estimate of drug-likeness (QED) is 0.792. The number of rotatable bonds is 3. The summed E-state index contributed by atoms with van der Waals surface area (Å²) in [5.41, 5.74) is 4.26. The number of para-hydroxylation sites is 1. The number of H-pyrrole nitrogens is 1. The SMILES string of the molecule is Cc1cc(C)n(CC(=O)N2CCCCC2c2cc3ccccc3[nH]2)n1. The molecule has 0 aliphatic carbocycles. The fourth-order valence-corrected chi connectivity index (χ4v) is 3.88. The predicted molar refractivity (Wildman–Crippen MR) is 98.3 cm³/mol. The van der Waals surface area contributed by atoms with Crippen molar-refractivity contribution in [3.8, 4) is 0 Å². The number of fused-ring (bicyclic) bond motifs is 1. The molecule has 0 spiro atoms. The topological polar surface area (TPSA) is 53.9 Å². The molecule has 1 aromatic carbocycles. The molecule has 0 saturated carbocycles. The molecule has 1 atom stereocenters. The van der Waals surface area contributed by atoms with Crippen molar-refractivity contribution in [2.45, 2.75) is 45.7 Å². The minimum absolute atomic E-state index is 0.130. The second kappa shape index (κ2) is 6.39. The predicted octanol–water partition coefficient (Wildman–Crippen LogP) is 3.74. The van der Waals surface area contributed by atoms with Crippen molar-refractivity contribution in [3.63, 3.8) is 0 Å². The van der Waals surface area contributed by atoms with Gasteiger partial charge in [-0.1, -0.05) is 18.2 Å². The first-order valence-corrected chi connectivity index (χ1v) is 9.00. The lowest BCUT2D eigenvalue weighted by atomic mass is 9.99. The first kappa shape index (κ1) is 15.9. The normalized spacial score (nSPS) is 18.0. The van der Waals surface area contributed by atoms with E-state index in [-0.39, 0.29) is 11.9 Å². The molecule has 1 saturated heterocycles. The summed E-state index contributed by atoms with van der Waals surface area (Å²) in [7, 11) is 0. The number of carbonyl (C=O) groups is 1. The molecule has 130 valence electrons. The zero-order valence-electron chi connectivity index (χ0n) is 14.8. The van der Waals surface area contributed by atoms with Gasteiger partial charge in [0.15, 0.2) is 0 Å². The lowest BCUT2D eigenvalue weighted by Crippen LogP contribution is -2.40. The number of likely N-dealkylation sites (tertiary alicyclic amines) is 1. The van der Waals surface area contributed by atoms with Crippen LogP contribution in [-0.2, 0) is 11.3 Å². The Morgan fingerprint density at radius 2 is 2.08 bits per heavy atom. The maximum Gasteiger partial charge on any atom is 0.244 e. The van der Waals surface area contributed by atoms with Crippen molar-refractivity contribution >= 4 is 16.8 Å². The van der Waals surface area contributed by atoms with E-state index in [4.69, 9.17) is 0 Å². The Kier molecular flexibility index (Phi) is 4.07. The molecule has 1 aliphatic rings. The van der Waals surface area contributed by atoms with Gasteiger partial charge in [-0.15, -0.1) is 0 Å².